The van der Waals surface area contributed by atoms with Crippen LogP contribution in [0.25, 0.3) is 11.1 Å². The van der Waals surface area contributed by atoms with Crippen molar-refractivity contribution in [1.82, 2.24) is 9.80 Å². The van der Waals surface area contributed by atoms with Crippen LogP contribution in [0, 0.1) is 11.8 Å². The van der Waals surface area contributed by atoms with Gasteiger partial charge >= 0.3 is 11.9 Å². The van der Waals surface area contributed by atoms with E-state index in [0.29, 0.717) is 46.2 Å². The van der Waals surface area contributed by atoms with E-state index in [1.165, 1.54) is 11.1 Å². The number of ether oxygens (including phenoxy) is 4. The summed E-state index contributed by atoms with van der Waals surface area (Å²) in [7, 11) is 4.35. The zero-order valence-corrected chi connectivity index (χ0v) is 32.3. The summed E-state index contributed by atoms with van der Waals surface area (Å²) in [4.78, 5) is 32.0. The second-order valence-electron chi connectivity index (χ2n) is 17.8. The Morgan fingerprint density at radius 1 is 0.603 bits per heavy atom. The molecule has 4 aromatic rings. The molecule has 4 aliphatic carbocycles. The molecule has 10 atom stereocenters. The summed E-state index contributed by atoms with van der Waals surface area (Å²) >= 11 is 0. The molecule has 4 bridgehead atoms. The number of aliphatic hydroxyl groups excluding tert-OH is 2. The van der Waals surface area contributed by atoms with Crippen molar-refractivity contribution in [2.24, 2.45) is 11.8 Å². The van der Waals surface area contributed by atoms with Gasteiger partial charge < -0.3 is 39.0 Å². The van der Waals surface area contributed by atoms with Crippen molar-refractivity contribution in [3.8, 4) is 34.1 Å². The van der Waals surface area contributed by atoms with E-state index in [0.717, 1.165) is 61.0 Å². The minimum Gasteiger partial charge on any atom is -0.482 e. The summed E-state index contributed by atoms with van der Waals surface area (Å²) in [6, 6.07) is 22.9. The molecular formula is C48H44N2O8. The third-order valence-corrected chi connectivity index (χ3v) is 15.2. The highest BCUT2D eigenvalue weighted by molar-refractivity contribution is 5.93. The number of esters is 2. The Hall–Kier alpha value is -5.26. The average Bonchev–Trinajstić information content (AvgIpc) is 3.78. The van der Waals surface area contributed by atoms with Crippen LogP contribution in [-0.2, 0) is 23.7 Å². The molecule has 294 valence electrons. The van der Waals surface area contributed by atoms with Crippen molar-refractivity contribution in [3.63, 3.8) is 0 Å². The fourth-order valence-corrected chi connectivity index (χ4v) is 12.5. The van der Waals surface area contributed by atoms with E-state index in [2.05, 4.69) is 48.2 Å². The third kappa shape index (κ3) is 4.52. The zero-order valence-electron chi connectivity index (χ0n) is 32.3. The van der Waals surface area contributed by atoms with Crippen LogP contribution in [0.4, 0.5) is 0 Å². The molecule has 0 unspecified atom stereocenters. The molecule has 0 saturated carbocycles. The lowest BCUT2D eigenvalue weighted by Crippen LogP contribution is -2.64. The molecule has 10 heteroatoms. The molecule has 4 heterocycles. The van der Waals surface area contributed by atoms with Crippen molar-refractivity contribution in [3.05, 3.63) is 130 Å². The number of benzene rings is 4. The molecule has 58 heavy (non-hydrogen) atoms. The SMILES string of the molecule is CN1CC[C@]23c4c5ccc(OC(=O)c6ccc(-c7ccc(C(=O)Oc8ccc9c%10c8O[C@H]8[C@@H](O)C=C[C@H]%11[C@@H](C9)N(C)CC[C@@]%10%118)cc7)cc6)c4O[C@H]2[C@@H](O)C=C[C@H]3[C@H]1C5. The van der Waals surface area contributed by atoms with E-state index in [1.54, 1.807) is 24.3 Å². The predicted octanol–water partition coefficient (Wildman–Crippen LogP) is 5.40. The van der Waals surface area contributed by atoms with Crippen molar-refractivity contribution in [2.45, 2.75) is 73.0 Å². The van der Waals surface area contributed by atoms with Gasteiger partial charge in [0.1, 0.15) is 24.4 Å². The maximum Gasteiger partial charge on any atom is 0.343 e. The zero-order chi connectivity index (χ0) is 39.2. The summed E-state index contributed by atoms with van der Waals surface area (Å²) < 4.78 is 25.2. The van der Waals surface area contributed by atoms with Gasteiger partial charge in [-0.3, -0.25) is 0 Å². The van der Waals surface area contributed by atoms with Gasteiger partial charge in [-0.2, -0.15) is 0 Å². The monoisotopic (exact) mass is 776 g/mol. The standard InChI is InChI=1S/C48H44N2O8/c1-49-21-19-47-31-13-15-35(51)43(47)57-41-37(17-11-29(39(41)47)23-33(31)49)55-45(53)27-7-3-25(4-8-27)26-5-9-28(10-6-26)46(54)56-38-18-12-30-24-34-32-14-16-36(52)44-48(32,20-22-50(34)2)40(30)42(38)58-44/h3-18,31-36,43-44,51-52H,19-24H2,1-2H3/t31-,32-,33+,34+,35-,36-,43-,44-,47-,48-/m0/s1. The third-order valence-electron chi connectivity index (χ3n) is 15.2. The van der Waals surface area contributed by atoms with Gasteiger partial charge in [0.05, 0.1) is 11.1 Å². The first-order valence-corrected chi connectivity index (χ1v) is 20.6. The van der Waals surface area contributed by atoms with E-state index in [4.69, 9.17) is 18.9 Å². The normalized spacial score (nSPS) is 34.1. The van der Waals surface area contributed by atoms with Crippen LogP contribution >= 0.6 is 0 Å². The van der Waals surface area contributed by atoms with E-state index in [-0.39, 0.29) is 22.7 Å². The molecule has 2 spiro atoms. The molecular weight excluding hydrogens is 733 g/mol. The topological polar surface area (TPSA) is 118 Å². The molecule has 12 rings (SSSR count). The first-order valence-electron chi connectivity index (χ1n) is 20.6. The van der Waals surface area contributed by atoms with E-state index in [9.17, 15) is 19.8 Å². The second-order valence-corrected chi connectivity index (χ2v) is 17.8. The molecule has 8 aliphatic rings. The number of nitrogens with zero attached hydrogens (tertiary/aromatic N) is 2. The minimum absolute atomic E-state index is 0.224. The lowest BCUT2D eigenvalue weighted by atomic mass is 9.53. The van der Waals surface area contributed by atoms with Gasteiger partial charge in [-0.25, -0.2) is 9.59 Å². The number of likely N-dealkylation sites (tertiary alicyclic amines) is 2. The van der Waals surface area contributed by atoms with Gasteiger partial charge in [-0.1, -0.05) is 60.7 Å². The summed E-state index contributed by atoms with van der Waals surface area (Å²) in [5, 5.41) is 22.2. The lowest BCUT2D eigenvalue weighted by Gasteiger charge is -2.56. The van der Waals surface area contributed by atoms with Gasteiger partial charge in [0.2, 0.25) is 0 Å². The van der Waals surface area contributed by atoms with E-state index < -0.39 is 36.4 Å². The minimum atomic E-state index is -0.732. The number of aliphatic hydroxyl groups is 2. The second kappa shape index (κ2) is 12.1. The van der Waals surface area contributed by atoms with Crippen molar-refractivity contribution in [1.29, 1.82) is 0 Å². The molecule has 10 nitrogen and oxygen atoms in total. The Morgan fingerprint density at radius 2 is 1.02 bits per heavy atom. The van der Waals surface area contributed by atoms with Gasteiger partial charge in [0, 0.05) is 45.9 Å². The highest BCUT2D eigenvalue weighted by Crippen LogP contribution is 2.64. The van der Waals surface area contributed by atoms with Gasteiger partial charge in [0.15, 0.2) is 23.0 Å². The average molecular weight is 777 g/mol. The summed E-state index contributed by atoms with van der Waals surface area (Å²) in [6.45, 7) is 1.83. The number of hydrogen-bond acceptors (Lipinski definition) is 10. The first-order chi connectivity index (χ1) is 28.2. The first kappa shape index (κ1) is 34.8. The van der Waals surface area contributed by atoms with Crippen molar-refractivity contribution in [2.75, 3.05) is 27.2 Å². The van der Waals surface area contributed by atoms with Crippen molar-refractivity contribution >= 4 is 11.9 Å². The molecule has 4 aromatic carbocycles. The summed E-state index contributed by atoms with van der Waals surface area (Å²) in [5.41, 5.74) is 6.46. The molecule has 2 saturated heterocycles. The Labute approximate surface area is 336 Å². The highest BCUT2D eigenvalue weighted by Gasteiger charge is 2.66. The van der Waals surface area contributed by atoms with Crippen LogP contribution in [0.1, 0.15) is 55.8 Å². The number of piperidine rings is 2. The number of hydrogen-bond donors (Lipinski definition) is 2. The van der Waals surface area contributed by atoms with Gasteiger partial charge in [0.25, 0.3) is 0 Å². The maximum absolute atomic E-state index is 13.6. The van der Waals surface area contributed by atoms with Crippen LogP contribution in [0.15, 0.2) is 97.1 Å². The molecule has 2 fully saturated rings. The van der Waals surface area contributed by atoms with Crippen LogP contribution in [0.3, 0.4) is 0 Å². The fraction of sp³-hybridized carbons (Fsp3) is 0.375. The Morgan fingerprint density at radius 3 is 1.43 bits per heavy atom. The summed E-state index contributed by atoms with van der Waals surface area (Å²) in [6.07, 6.45) is 9.30. The lowest BCUT2D eigenvalue weighted by molar-refractivity contribution is -0.0453. The smallest absolute Gasteiger partial charge is 0.343 e. The van der Waals surface area contributed by atoms with E-state index >= 15 is 0 Å². The van der Waals surface area contributed by atoms with Crippen LogP contribution in [0.5, 0.6) is 23.0 Å². The van der Waals surface area contributed by atoms with Gasteiger partial charge in [-0.15, -0.1) is 0 Å². The fourth-order valence-electron chi connectivity index (χ4n) is 12.5. The maximum atomic E-state index is 13.6. The number of rotatable bonds is 5. The van der Waals surface area contributed by atoms with Gasteiger partial charge in [-0.05, 0) is 112 Å². The van der Waals surface area contributed by atoms with Crippen molar-refractivity contribution < 1.29 is 38.7 Å². The number of carbonyl (C=O) groups excluding carboxylic acids is 2. The molecule has 0 radical (unpaired) electrons. The quantitative estimate of drug-likeness (QED) is 0.155. The molecule has 0 aromatic heterocycles. The highest BCUT2D eigenvalue weighted by atomic mass is 16.6. The predicted molar refractivity (Wildman–Crippen MR) is 214 cm³/mol. The molecule has 4 aliphatic heterocycles. The number of likely N-dealkylation sites (N-methyl/N-ethyl adjacent to an activating group) is 2. The van der Waals surface area contributed by atoms with Crippen LogP contribution < -0.4 is 18.9 Å². The largest absolute Gasteiger partial charge is 0.482 e. The van der Waals surface area contributed by atoms with Crippen LogP contribution in [0.2, 0.25) is 0 Å². The molecule has 2 N–H and O–H groups in total. The Balaban J connectivity index is 0.760. The molecule has 0 amide bonds. The Kier molecular flexibility index (Phi) is 7.28. The summed E-state index contributed by atoms with van der Waals surface area (Å²) in [5.74, 6) is 1.40. The van der Waals surface area contributed by atoms with E-state index in [1.807, 2.05) is 48.6 Å². The number of carbonyl (C=O) groups is 2. The van der Waals surface area contributed by atoms with Crippen LogP contribution in [-0.4, -0.2) is 95.6 Å². The Bertz CT molecular complexity index is 2320.